The Kier molecular flexibility index (Phi) is 6.97. The van der Waals surface area contributed by atoms with Crippen LogP contribution in [0.5, 0.6) is 0 Å². The lowest BCUT2D eigenvalue weighted by molar-refractivity contribution is 0.268. The highest BCUT2D eigenvalue weighted by molar-refractivity contribution is 5.02. The first-order chi connectivity index (χ1) is 8.27. The molecule has 0 spiro atoms. The van der Waals surface area contributed by atoms with Gasteiger partial charge in [0.2, 0.25) is 0 Å². The molecule has 17 heavy (non-hydrogen) atoms. The van der Waals surface area contributed by atoms with E-state index < -0.39 is 0 Å². The summed E-state index contributed by atoms with van der Waals surface area (Å²) in [7, 11) is 0. The molecule has 1 unspecified atom stereocenters. The van der Waals surface area contributed by atoms with Crippen LogP contribution in [-0.4, -0.2) is 31.1 Å². The van der Waals surface area contributed by atoms with E-state index in [1.54, 1.807) is 6.26 Å². The molecule has 98 valence electrons. The van der Waals surface area contributed by atoms with Crippen LogP contribution in [0.4, 0.5) is 0 Å². The zero-order valence-electron chi connectivity index (χ0n) is 11.4. The number of furan rings is 1. The summed E-state index contributed by atoms with van der Waals surface area (Å²) in [5.41, 5.74) is 0. The maximum atomic E-state index is 5.37. The highest BCUT2D eigenvalue weighted by Crippen LogP contribution is 2.11. The van der Waals surface area contributed by atoms with Crippen molar-refractivity contribution in [2.75, 3.05) is 26.2 Å². The highest BCUT2D eigenvalue weighted by atomic mass is 16.3. The van der Waals surface area contributed by atoms with Gasteiger partial charge in [-0.25, -0.2) is 0 Å². The summed E-state index contributed by atoms with van der Waals surface area (Å²) in [6, 6.07) is 4.26. The second-order valence-electron chi connectivity index (χ2n) is 4.53. The van der Waals surface area contributed by atoms with Crippen molar-refractivity contribution in [1.82, 2.24) is 10.2 Å². The fraction of sp³-hybridized carbons (Fsp3) is 0.714. The van der Waals surface area contributed by atoms with Gasteiger partial charge in [0.15, 0.2) is 0 Å². The van der Waals surface area contributed by atoms with Crippen LogP contribution in [0.15, 0.2) is 22.8 Å². The molecule has 1 aromatic heterocycles. The van der Waals surface area contributed by atoms with Gasteiger partial charge in [0.25, 0.3) is 0 Å². The van der Waals surface area contributed by atoms with E-state index in [9.17, 15) is 0 Å². The van der Waals surface area contributed by atoms with E-state index in [1.165, 1.54) is 25.9 Å². The molecular weight excluding hydrogens is 212 g/mol. The lowest BCUT2D eigenvalue weighted by Crippen LogP contribution is -2.34. The molecule has 0 aliphatic carbocycles. The number of nitrogens with one attached hydrogen (secondary N) is 1. The monoisotopic (exact) mass is 238 g/mol. The van der Waals surface area contributed by atoms with E-state index in [0.717, 1.165) is 18.8 Å². The minimum Gasteiger partial charge on any atom is -0.468 e. The first kappa shape index (κ1) is 14.3. The van der Waals surface area contributed by atoms with Crippen molar-refractivity contribution >= 4 is 0 Å². The summed E-state index contributed by atoms with van der Waals surface area (Å²) in [6.45, 7) is 11.1. The van der Waals surface area contributed by atoms with E-state index in [2.05, 4.69) is 31.0 Å². The minimum absolute atomic E-state index is 0.301. The zero-order chi connectivity index (χ0) is 12.5. The van der Waals surface area contributed by atoms with Crippen LogP contribution in [0.1, 0.15) is 45.4 Å². The Morgan fingerprint density at radius 1 is 1.24 bits per heavy atom. The highest BCUT2D eigenvalue weighted by Gasteiger charge is 2.08. The maximum Gasteiger partial charge on any atom is 0.120 e. The molecule has 3 nitrogen and oxygen atoms in total. The molecule has 1 N–H and O–H groups in total. The van der Waals surface area contributed by atoms with Crippen LogP contribution < -0.4 is 5.32 Å². The molecule has 0 aromatic carbocycles. The first-order valence-electron chi connectivity index (χ1n) is 6.77. The Balaban J connectivity index is 2.21. The van der Waals surface area contributed by atoms with Crippen molar-refractivity contribution in [3.8, 4) is 0 Å². The topological polar surface area (TPSA) is 28.4 Å². The summed E-state index contributed by atoms with van der Waals surface area (Å²) >= 11 is 0. The summed E-state index contributed by atoms with van der Waals surface area (Å²) < 4.78 is 5.37. The lowest BCUT2D eigenvalue weighted by atomic mass is 10.2. The van der Waals surface area contributed by atoms with Gasteiger partial charge in [-0.2, -0.15) is 0 Å². The predicted molar refractivity (Wildman–Crippen MR) is 72.1 cm³/mol. The fourth-order valence-electron chi connectivity index (χ4n) is 2.05. The average Bonchev–Trinajstić information content (AvgIpc) is 2.83. The van der Waals surface area contributed by atoms with Crippen LogP contribution in [0.2, 0.25) is 0 Å². The minimum atomic E-state index is 0.301. The van der Waals surface area contributed by atoms with Gasteiger partial charge in [0.05, 0.1) is 12.3 Å². The Hall–Kier alpha value is -0.800. The van der Waals surface area contributed by atoms with Crippen LogP contribution in [-0.2, 0) is 0 Å². The largest absolute Gasteiger partial charge is 0.468 e. The van der Waals surface area contributed by atoms with Gasteiger partial charge in [-0.3, -0.25) is 0 Å². The van der Waals surface area contributed by atoms with E-state index in [4.69, 9.17) is 4.42 Å². The van der Waals surface area contributed by atoms with Crippen molar-refractivity contribution in [2.45, 2.75) is 39.7 Å². The summed E-state index contributed by atoms with van der Waals surface area (Å²) in [4.78, 5) is 2.52. The molecule has 0 amide bonds. The Morgan fingerprint density at radius 2 is 1.94 bits per heavy atom. The van der Waals surface area contributed by atoms with Crippen LogP contribution in [0.3, 0.4) is 0 Å². The van der Waals surface area contributed by atoms with Crippen molar-refractivity contribution in [1.29, 1.82) is 0 Å². The summed E-state index contributed by atoms with van der Waals surface area (Å²) in [5.74, 6) is 1.02. The zero-order valence-corrected chi connectivity index (χ0v) is 11.4. The number of hydrogen-bond acceptors (Lipinski definition) is 3. The number of hydrogen-bond donors (Lipinski definition) is 1. The van der Waals surface area contributed by atoms with E-state index in [1.807, 2.05) is 12.1 Å². The number of rotatable bonds is 9. The third-order valence-corrected chi connectivity index (χ3v) is 2.93. The first-order valence-corrected chi connectivity index (χ1v) is 6.77. The van der Waals surface area contributed by atoms with E-state index >= 15 is 0 Å². The Bertz CT molecular complexity index is 266. The predicted octanol–water partition coefficient (Wildman–Crippen LogP) is 3.05. The van der Waals surface area contributed by atoms with Gasteiger partial charge in [0, 0.05) is 13.1 Å². The summed E-state index contributed by atoms with van der Waals surface area (Å²) in [6.07, 6.45) is 4.19. The molecule has 0 bridgehead atoms. The second kappa shape index (κ2) is 8.31. The van der Waals surface area contributed by atoms with Crippen LogP contribution in [0, 0.1) is 0 Å². The van der Waals surface area contributed by atoms with Gasteiger partial charge >= 0.3 is 0 Å². The molecule has 0 aliphatic rings. The lowest BCUT2D eigenvalue weighted by Gasteiger charge is -2.22. The van der Waals surface area contributed by atoms with Gasteiger partial charge in [0.1, 0.15) is 5.76 Å². The van der Waals surface area contributed by atoms with Crippen LogP contribution >= 0.6 is 0 Å². The van der Waals surface area contributed by atoms with Gasteiger partial charge in [-0.05, 0) is 45.0 Å². The third kappa shape index (κ3) is 5.37. The third-order valence-electron chi connectivity index (χ3n) is 2.93. The van der Waals surface area contributed by atoms with Gasteiger partial charge in [-0.15, -0.1) is 0 Å². The molecule has 1 rings (SSSR count). The molecule has 0 saturated heterocycles. The molecule has 0 saturated carbocycles. The quantitative estimate of drug-likeness (QED) is 0.717. The molecule has 1 atom stereocenters. The molecule has 0 fully saturated rings. The van der Waals surface area contributed by atoms with Gasteiger partial charge in [-0.1, -0.05) is 13.8 Å². The van der Waals surface area contributed by atoms with Crippen LogP contribution in [0.25, 0.3) is 0 Å². The average molecular weight is 238 g/mol. The summed E-state index contributed by atoms with van der Waals surface area (Å²) in [5, 5.41) is 3.50. The Morgan fingerprint density at radius 3 is 2.47 bits per heavy atom. The van der Waals surface area contributed by atoms with Crippen molar-refractivity contribution in [2.24, 2.45) is 0 Å². The molecule has 0 radical (unpaired) electrons. The SMILES string of the molecule is CCCN(CCC)CCNC(C)c1ccco1. The van der Waals surface area contributed by atoms with Crippen molar-refractivity contribution in [3.05, 3.63) is 24.2 Å². The van der Waals surface area contributed by atoms with Crippen molar-refractivity contribution < 1.29 is 4.42 Å². The number of nitrogens with zero attached hydrogens (tertiary/aromatic N) is 1. The molecular formula is C14H26N2O. The molecule has 3 heteroatoms. The van der Waals surface area contributed by atoms with E-state index in [-0.39, 0.29) is 0 Å². The van der Waals surface area contributed by atoms with Crippen molar-refractivity contribution in [3.63, 3.8) is 0 Å². The van der Waals surface area contributed by atoms with E-state index in [0.29, 0.717) is 6.04 Å². The van der Waals surface area contributed by atoms with Gasteiger partial charge < -0.3 is 14.6 Å². The maximum absolute atomic E-state index is 5.37. The molecule has 1 aromatic rings. The fourth-order valence-corrected chi connectivity index (χ4v) is 2.05. The Labute approximate surface area is 105 Å². The molecule has 0 aliphatic heterocycles. The second-order valence-corrected chi connectivity index (χ2v) is 4.53. The standard InChI is InChI=1S/C14H26N2O/c1-4-9-16(10-5-2)11-8-15-13(3)14-7-6-12-17-14/h6-7,12-13,15H,4-5,8-11H2,1-3H3. The normalized spacial score (nSPS) is 13.2. The molecule has 1 heterocycles. The smallest absolute Gasteiger partial charge is 0.120 e.